The summed E-state index contributed by atoms with van der Waals surface area (Å²) in [6.45, 7) is 3.44. The monoisotopic (exact) mass is 502 g/mol. The van der Waals surface area contributed by atoms with Crippen LogP contribution in [0.2, 0.25) is 0 Å². The molecule has 2 aromatic rings. The van der Waals surface area contributed by atoms with E-state index in [0.717, 1.165) is 0 Å². The minimum absolute atomic E-state index is 0. The molecule has 0 aliphatic carbocycles. The van der Waals surface area contributed by atoms with Gasteiger partial charge in [-0.15, -0.1) is 0 Å². The Morgan fingerprint density at radius 1 is 1.55 bits per heavy atom. The Bertz CT molecular complexity index is 752. The van der Waals surface area contributed by atoms with Crippen molar-refractivity contribution in [2.45, 2.75) is 12.3 Å². The molecule has 3 heterocycles. The first-order chi connectivity index (χ1) is 8.99. The SMILES string of the molecule is [CH2-]C1=C(O)C(O)[C@H](n2cnc3c(=O)[nH]c(N)nc32)O1.[U]. The Kier molecular flexibility index (Phi) is 3.73. The first-order valence-corrected chi connectivity index (χ1v) is 5.31. The first kappa shape index (κ1) is 14.8. The fourth-order valence-electron chi connectivity index (χ4n) is 1.91. The fourth-order valence-corrected chi connectivity index (χ4v) is 1.91. The van der Waals surface area contributed by atoms with Crippen LogP contribution in [0.15, 0.2) is 22.6 Å². The Balaban J connectivity index is 0.00000147. The normalized spacial score (nSPS) is 21.9. The number of hydrogen-bond acceptors (Lipinski definition) is 7. The number of anilines is 1. The largest absolute Gasteiger partial charge is 0.590 e. The maximum absolute atomic E-state index is 11.6. The van der Waals surface area contributed by atoms with Gasteiger partial charge in [0.2, 0.25) is 5.95 Å². The van der Waals surface area contributed by atoms with Gasteiger partial charge in [0.15, 0.2) is 17.4 Å². The van der Waals surface area contributed by atoms with Gasteiger partial charge in [0.1, 0.15) is 12.4 Å². The average Bonchev–Trinajstić information content (AvgIpc) is 2.86. The van der Waals surface area contributed by atoms with E-state index >= 15 is 0 Å². The van der Waals surface area contributed by atoms with Crippen molar-refractivity contribution in [2.24, 2.45) is 0 Å². The average molecular weight is 502 g/mol. The topological polar surface area (TPSA) is 139 Å². The van der Waals surface area contributed by atoms with Gasteiger partial charge in [0, 0.05) is 36.9 Å². The minimum Gasteiger partial charge on any atom is -0.590 e. The van der Waals surface area contributed by atoms with Gasteiger partial charge >= 0.3 is 0 Å². The molecule has 10 heteroatoms. The van der Waals surface area contributed by atoms with Crippen LogP contribution in [0.4, 0.5) is 5.95 Å². The summed E-state index contributed by atoms with van der Waals surface area (Å²) in [6, 6.07) is 0. The van der Waals surface area contributed by atoms with Crippen LogP contribution < -0.4 is 11.3 Å². The van der Waals surface area contributed by atoms with Gasteiger partial charge in [-0.25, -0.2) is 11.9 Å². The van der Waals surface area contributed by atoms with Gasteiger partial charge in [-0.1, -0.05) is 0 Å². The van der Waals surface area contributed by atoms with E-state index in [1.807, 2.05) is 0 Å². The van der Waals surface area contributed by atoms with Crippen LogP contribution in [-0.4, -0.2) is 35.8 Å². The molecule has 20 heavy (non-hydrogen) atoms. The number of allylic oxidation sites excluding steroid dienone is 1. The number of imidazole rings is 1. The molecule has 2 atom stereocenters. The van der Waals surface area contributed by atoms with Crippen molar-refractivity contribution in [1.82, 2.24) is 19.5 Å². The Hall–Kier alpha value is -1.63. The van der Waals surface area contributed by atoms with Crippen LogP contribution in [0.25, 0.3) is 11.2 Å². The molecule has 0 spiro atoms. The van der Waals surface area contributed by atoms with Crippen LogP contribution in [0.5, 0.6) is 0 Å². The number of hydrogen-bond donors (Lipinski definition) is 4. The van der Waals surface area contributed by atoms with Crippen LogP contribution in [0.1, 0.15) is 6.23 Å². The number of aliphatic hydroxyl groups excluding tert-OH is 2. The molecule has 0 radical (unpaired) electrons. The van der Waals surface area contributed by atoms with Gasteiger partial charge in [-0.05, 0) is 5.76 Å². The zero-order valence-corrected chi connectivity index (χ0v) is 14.2. The molecular formula is C10H10N5O4U-. The summed E-state index contributed by atoms with van der Waals surface area (Å²) in [5, 5.41) is 19.3. The molecule has 0 fully saturated rings. The molecule has 104 valence electrons. The van der Waals surface area contributed by atoms with Gasteiger partial charge in [0.05, 0.1) is 0 Å². The maximum atomic E-state index is 11.6. The van der Waals surface area contributed by atoms with E-state index in [0.29, 0.717) is 0 Å². The van der Waals surface area contributed by atoms with E-state index in [2.05, 4.69) is 21.9 Å². The van der Waals surface area contributed by atoms with E-state index < -0.39 is 17.9 Å². The first-order valence-electron chi connectivity index (χ1n) is 5.31. The number of fused-ring (bicyclic) bond motifs is 1. The van der Waals surface area contributed by atoms with Crippen molar-refractivity contribution >= 4 is 17.1 Å². The molecule has 1 unspecified atom stereocenters. The quantitative estimate of drug-likeness (QED) is 0.375. The maximum Gasteiger partial charge on any atom is 0.280 e. The Labute approximate surface area is 135 Å². The third kappa shape index (κ3) is 2.06. The van der Waals surface area contributed by atoms with E-state index in [1.165, 1.54) is 10.9 Å². The zero-order valence-electron chi connectivity index (χ0n) is 10.1. The van der Waals surface area contributed by atoms with Crippen molar-refractivity contribution in [3.05, 3.63) is 35.1 Å². The number of nitrogens with zero attached hydrogens (tertiary/aromatic N) is 3. The van der Waals surface area contributed by atoms with Crippen LogP contribution in [0.3, 0.4) is 0 Å². The third-order valence-corrected chi connectivity index (χ3v) is 2.82. The molecule has 9 nitrogen and oxygen atoms in total. The minimum atomic E-state index is -1.31. The second-order valence-electron chi connectivity index (χ2n) is 4.04. The van der Waals surface area contributed by atoms with E-state index in [4.69, 9.17) is 10.5 Å². The number of aromatic nitrogens is 4. The van der Waals surface area contributed by atoms with Gasteiger partial charge in [-0.3, -0.25) is 14.3 Å². The summed E-state index contributed by atoms with van der Waals surface area (Å²) in [7, 11) is 0. The molecule has 5 N–H and O–H groups in total. The molecule has 0 saturated carbocycles. The van der Waals surface area contributed by atoms with Gasteiger partial charge < -0.3 is 20.7 Å². The molecule has 1 aliphatic heterocycles. The van der Waals surface area contributed by atoms with Crippen LogP contribution in [-0.2, 0) is 4.74 Å². The van der Waals surface area contributed by atoms with Crippen molar-refractivity contribution in [1.29, 1.82) is 0 Å². The smallest absolute Gasteiger partial charge is 0.280 e. The molecular weight excluding hydrogens is 492 g/mol. The predicted octanol–water partition coefficient (Wildman–Crippen LogP) is -0.805. The number of aliphatic hydroxyl groups is 2. The fraction of sp³-hybridized carbons (Fsp3) is 0.200. The van der Waals surface area contributed by atoms with Crippen molar-refractivity contribution in [3.63, 3.8) is 0 Å². The summed E-state index contributed by atoms with van der Waals surface area (Å²) in [6.07, 6.45) is -1.04. The number of nitrogen functional groups attached to an aromatic ring is 1. The summed E-state index contributed by atoms with van der Waals surface area (Å²) >= 11 is 0. The van der Waals surface area contributed by atoms with Crippen LogP contribution >= 0.6 is 0 Å². The number of ether oxygens (including phenoxy) is 1. The third-order valence-electron chi connectivity index (χ3n) is 2.82. The van der Waals surface area contributed by atoms with Gasteiger partial charge in [0.25, 0.3) is 5.56 Å². The number of aromatic amines is 1. The second kappa shape index (κ2) is 5.05. The summed E-state index contributed by atoms with van der Waals surface area (Å²) in [5.74, 6) is -0.499. The molecule has 0 bridgehead atoms. The number of rotatable bonds is 1. The van der Waals surface area contributed by atoms with E-state index in [-0.39, 0.29) is 59.7 Å². The predicted molar refractivity (Wildman–Crippen MR) is 63.7 cm³/mol. The standard InChI is InChI=1S/C10H10N5O4.U/c1-3-5(16)6(17)9(19-3)15-2-12-4-7(15)13-10(11)14-8(4)18;/h2,6,9,16-17H,1H2,(H3,11,13,14,18);/q-1;/t6?,9-;/m1./s1. The van der Waals surface area contributed by atoms with Crippen molar-refractivity contribution in [2.75, 3.05) is 5.73 Å². The Morgan fingerprint density at radius 2 is 2.25 bits per heavy atom. The zero-order chi connectivity index (χ0) is 13.7. The summed E-state index contributed by atoms with van der Waals surface area (Å²) < 4.78 is 6.52. The molecule has 0 saturated heterocycles. The number of nitrogens with two attached hydrogens (primary N) is 1. The van der Waals surface area contributed by atoms with Crippen LogP contribution in [0, 0.1) is 38.0 Å². The number of nitrogens with one attached hydrogen (secondary N) is 1. The van der Waals surface area contributed by atoms with Gasteiger partial charge in [-0.2, -0.15) is 4.98 Å². The molecule has 1 aliphatic rings. The van der Waals surface area contributed by atoms with E-state index in [9.17, 15) is 15.0 Å². The van der Waals surface area contributed by atoms with E-state index in [1.54, 1.807) is 0 Å². The van der Waals surface area contributed by atoms with Crippen molar-refractivity contribution in [3.8, 4) is 0 Å². The summed E-state index contributed by atoms with van der Waals surface area (Å²) in [5.41, 5.74) is 5.16. The molecule has 2 aromatic heterocycles. The Morgan fingerprint density at radius 3 is 2.85 bits per heavy atom. The number of H-pyrrole nitrogens is 1. The molecule has 3 rings (SSSR count). The summed E-state index contributed by atoms with van der Waals surface area (Å²) in [4.78, 5) is 21.7. The second-order valence-corrected chi connectivity index (χ2v) is 4.04. The van der Waals surface area contributed by atoms with Crippen molar-refractivity contribution < 1.29 is 46.1 Å². The molecule has 0 aromatic carbocycles. The molecule has 0 amide bonds.